The molecule has 1 fully saturated rings. The second kappa shape index (κ2) is 7.51. The van der Waals surface area contributed by atoms with Crippen molar-refractivity contribution in [2.24, 2.45) is 0 Å². The zero-order valence-corrected chi connectivity index (χ0v) is 15.8. The maximum atomic E-state index is 12.9. The molecule has 1 aromatic carbocycles. The molecule has 2 aliphatic rings. The topological polar surface area (TPSA) is 85.8 Å². The van der Waals surface area contributed by atoms with Crippen LogP contribution in [0.4, 0.5) is 30.4 Å². The van der Waals surface area contributed by atoms with Gasteiger partial charge in [-0.25, -0.2) is 4.98 Å². The van der Waals surface area contributed by atoms with Gasteiger partial charge in [0, 0.05) is 31.0 Å². The van der Waals surface area contributed by atoms with Crippen molar-refractivity contribution in [1.29, 1.82) is 0 Å². The Hall–Kier alpha value is -3.30. The predicted molar refractivity (Wildman–Crippen MR) is 103 cm³/mol. The fourth-order valence-electron chi connectivity index (χ4n) is 4.07. The minimum atomic E-state index is -4.40. The number of hydrogen-bond acceptors (Lipinski definition) is 5. The number of fused-ring (bicyclic) bond motifs is 3. The van der Waals surface area contributed by atoms with Crippen molar-refractivity contribution in [1.82, 2.24) is 10.3 Å². The lowest BCUT2D eigenvalue weighted by atomic mass is 10.1. The lowest BCUT2D eigenvalue weighted by Crippen LogP contribution is -2.44. The first-order chi connectivity index (χ1) is 14.2. The number of aliphatic carboxylic acids is 1. The van der Waals surface area contributed by atoms with Gasteiger partial charge in [0.2, 0.25) is 5.91 Å². The monoisotopic (exact) mass is 420 g/mol. The molecule has 2 aromatic rings. The Kier molecular flexibility index (Phi) is 5.00. The number of carboxylic acid groups (broad SMARTS) is 1. The molecule has 0 saturated carbocycles. The van der Waals surface area contributed by atoms with Crippen LogP contribution in [0.1, 0.15) is 18.4 Å². The number of carbonyl (C=O) groups excluding carboxylic acids is 1. The van der Waals surface area contributed by atoms with Crippen LogP contribution in [0, 0.1) is 0 Å². The average Bonchev–Trinajstić information content (AvgIpc) is 3.08. The Morgan fingerprint density at radius 2 is 1.90 bits per heavy atom. The van der Waals surface area contributed by atoms with E-state index in [1.54, 1.807) is 12.3 Å². The van der Waals surface area contributed by atoms with Crippen LogP contribution in [0.2, 0.25) is 0 Å². The predicted octanol–water partition coefficient (Wildman–Crippen LogP) is 2.79. The molecule has 7 nitrogen and oxygen atoms in total. The lowest BCUT2D eigenvalue weighted by molar-refractivity contribution is -0.141. The van der Waals surface area contributed by atoms with Gasteiger partial charge in [0.05, 0.1) is 17.3 Å². The number of alkyl halides is 3. The highest BCUT2D eigenvalue weighted by molar-refractivity contribution is 5.93. The van der Waals surface area contributed by atoms with Crippen LogP contribution in [0.5, 0.6) is 0 Å². The summed E-state index contributed by atoms with van der Waals surface area (Å²) in [5, 5.41) is 11.5. The summed E-state index contributed by atoms with van der Waals surface area (Å²) < 4.78 is 38.7. The van der Waals surface area contributed by atoms with E-state index >= 15 is 0 Å². The zero-order valence-electron chi connectivity index (χ0n) is 15.8. The van der Waals surface area contributed by atoms with Crippen molar-refractivity contribution < 1.29 is 27.9 Å². The second-order valence-corrected chi connectivity index (χ2v) is 7.38. The molecule has 3 heterocycles. The quantitative estimate of drug-likeness (QED) is 0.740. The van der Waals surface area contributed by atoms with Crippen LogP contribution in [-0.2, 0) is 15.8 Å². The first-order valence-electron chi connectivity index (χ1n) is 9.40. The van der Waals surface area contributed by atoms with Gasteiger partial charge in [0.15, 0.2) is 5.82 Å². The van der Waals surface area contributed by atoms with E-state index < -0.39 is 30.0 Å². The van der Waals surface area contributed by atoms with Gasteiger partial charge in [-0.3, -0.25) is 9.59 Å². The van der Waals surface area contributed by atoms with Crippen LogP contribution in [0.15, 0.2) is 42.6 Å². The number of carbonyl (C=O) groups is 2. The highest BCUT2D eigenvalue weighted by atomic mass is 19.4. The molecule has 2 N–H and O–H groups in total. The number of anilines is 3. The molecule has 30 heavy (non-hydrogen) atoms. The second-order valence-electron chi connectivity index (χ2n) is 7.38. The molecule has 1 saturated heterocycles. The van der Waals surface area contributed by atoms with Crippen molar-refractivity contribution in [2.45, 2.75) is 31.1 Å². The van der Waals surface area contributed by atoms with Gasteiger partial charge in [-0.15, -0.1) is 0 Å². The van der Waals surface area contributed by atoms with Gasteiger partial charge in [0.1, 0.15) is 6.42 Å². The molecule has 1 aromatic heterocycles. The summed E-state index contributed by atoms with van der Waals surface area (Å²) >= 11 is 0. The molecule has 0 radical (unpaired) electrons. The highest BCUT2D eigenvalue weighted by Gasteiger charge is 2.40. The summed E-state index contributed by atoms with van der Waals surface area (Å²) in [5.41, 5.74) is 0.680. The Bertz CT molecular complexity index is 965. The molecule has 1 amide bonds. The number of hydrogen-bond donors (Lipinski definition) is 2. The first kappa shape index (κ1) is 20.0. The fraction of sp³-hybridized carbons (Fsp3) is 0.350. The Balaban J connectivity index is 1.58. The third kappa shape index (κ3) is 3.89. The van der Waals surface area contributed by atoms with Gasteiger partial charge in [-0.2, -0.15) is 13.2 Å². The maximum Gasteiger partial charge on any atom is 0.416 e. The largest absolute Gasteiger partial charge is 0.481 e. The number of pyridine rings is 1. The molecule has 0 bridgehead atoms. The summed E-state index contributed by atoms with van der Waals surface area (Å²) in [7, 11) is 0. The summed E-state index contributed by atoms with van der Waals surface area (Å²) in [6, 6.07) is 8.36. The summed E-state index contributed by atoms with van der Waals surface area (Å²) in [6.45, 7) is 0.996. The van der Waals surface area contributed by atoms with Crippen molar-refractivity contribution in [3.63, 3.8) is 0 Å². The van der Waals surface area contributed by atoms with Crippen LogP contribution < -0.4 is 15.1 Å². The van der Waals surface area contributed by atoms with E-state index in [1.807, 2.05) is 11.0 Å². The average molecular weight is 420 g/mol. The Morgan fingerprint density at radius 1 is 1.17 bits per heavy atom. The molecule has 0 spiro atoms. The Morgan fingerprint density at radius 3 is 2.57 bits per heavy atom. The SMILES string of the molecule is O=C(O)CC(=O)N[C@@H]1C[C@@H]2CN(c3ccc(C(F)(F)F)cc3)c3cccnc3N2C1. The van der Waals surface area contributed by atoms with Gasteiger partial charge in [0.25, 0.3) is 0 Å². The molecular weight excluding hydrogens is 401 g/mol. The number of carboxylic acids is 1. The smallest absolute Gasteiger partial charge is 0.416 e. The summed E-state index contributed by atoms with van der Waals surface area (Å²) in [6.07, 6.45) is -2.77. The summed E-state index contributed by atoms with van der Waals surface area (Å²) in [5.74, 6) is -1.06. The van der Waals surface area contributed by atoms with E-state index in [0.717, 1.165) is 17.8 Å². The van der Waals surface area contributed by atoms with E-state index in [1.165, 1.54) is 12.1 Å². The molecule has 2 atom stereocenters. The highest BCUT2D eigenvalue weighted by Crippen LogP contribution is 2.42. The van der Waals surface area contributed by atoms with E-state index in [4.69, 9.17) is 5.11 Å². The van der Waals surface area contributed by atoms with Crippen LogP contribution >= 0.6 is 0 Å². The maximum absolute atomic E-state index is 12.9. The number of amides is 1. The Labute approximate surface area is 170 Å². The fourth-order valence-corrected chi connectivity index (χ4v) is 4.07. The molecular formula is C20H19F3N4O3. The van der Waals surface area contributed by atoms with Gasteiger partial charge < -0.3 is 20.2 Å². The molecule has 2 aliphatic heterocycles. The third-order valence-corrected chi connectivity index (χ3v) is 5.32. The number of benzene rings is 1. The third-order valence-electron chi connectivity index (χ3n) is 5.32. The number of nitrogens with zero attached hydrogens (tertiary/aromatic N) is 3. The molecule has 0 aliphatic carbocycles. The van der Waals surface area contributed by atoms with E-state index in [2.05, 4.69) is 15.2 Å². The van der Waals surface area contributed by atoms with Crippen molar-refractivity contribution in [2.75, 3.05) is 22.9 Å². The molecule has 10 heteroatoms. The molecule has 4 rings (SSSR count). The van der Waals surface area contributed by atoms with E-state index in [9.17, 15) is 22.8 Å². The molecule has 158 valence electrons. The normalized spacial score (nSPS) is 20.5. The molecule has 0 unspecified atom stereocenters. The minimum Gasteiger partial charge on any atom is -0.481 e. The van der Waals surface area contributed by atoms with Crippen LogP contribution in [-0.4, -0.2) is 47.1 Å². The standard InChI is InChI=1S/C20H19F3N4O3/c21-20(22,23)12-3-5-14(6-4-12)26-11-15-8-13(25-17(28)9-18(29)30)10-27(15)19-16(26)2-1-7-24-19/h1-7,13,15H,8-11H2,(H,25,28)(H,29,30)/t13-,15-/m1/s1. The van der Waals surface area contributed by atoms with Crippen LogP contribution in [0.3, 0.4) is 0 Å². The zero-order chi connectivity index (χ0) is 21.5. The van der Waals surface area contributed by atoms with Crippen molar-refractivity contribution in [3.8, 4) is 0 Å². The van der Waals surface area contributed by atoms with Crippen molar-refractivity contribution >= 4 is 29.1 Å². The van der Waals surface area contributed by atoms with Gasteiger partial charge in [-0.05, 0) is 42.8 Å². The first-order valence-corrected chi connectivity index (χ1v) is 9.40. The van der Waals surface area contributed by atoms with Crippen LogP contribution in [0.25, 0.3) is 0 Å². The van der Waals surface area contributed by atoms with Gasteiger partial charge >= 0.3 is 12.1 Å². The number of rotatable bonds is 4. The number of aromatic nitrogens is 1. The lowest BCUT2D eigenvalue weighted by Gasteiger charge is -2.40. The summed E-state index contributed by atoms with van der Waals surface area (Å²) in [4.78, 5) is 31.0. The van der Waals surface area contributed by atoms with E-state index in [0.29, 0.717) is 31.0 Å². The van der Waals surface area contributed by atoms with Crippen molar-refractivity contribution in [3.05, 3.63) is 48.2 Å². The van der Waals surface area contributed by atoms with E-state index in [-0.39, 0.29) is 12.1 Å². The number of halogens is 3. The number of nitrogens with one attached hydrogen (secondary N) is 1. The van der Waals surface area contributed by atoms with Gasteiger partial charge in [-0.1, -0.05) is 0 Å². The minimum absolute atomic E-state index is 0.0233.